The Morgan fingerprint density at radius 3 is 2.67 bits per heavy atom. The molecule has 90 valence electrons. The fourth-order valence-electron chi connectivity index (χ4n) is 1.80. The van der Waals surface area contributed by atoms with E-state index in [1.807, 2.05) is 13.0 Å². The monoisotopic (exact) mass is 240 g/mol. The molecule has 0 aliphatic heterocycles. The Morgan fingerprint density at radius 2 is 2.00 bits per heavy atom. The van der Waals surface area contributed by atoms with Crippen LogP contribution in [-0.2, 0) is 0 Å². The van der Waals surface area contributed by atoms with Gasteiger partial charge in [-0.05, 0) is 42.3 Å². The lowest BCUT2D eigenvalue weighted by molar-refractivity contribution is 0.629. The molecule has 3 heteroatoms. The fourth-order valence-corrected chi connectivity index (χ4v) is 1.80. The molecule has 0 fully saturated rings. The predicted molar refractivity (Wildman–Crippen MR) is 69.2 cm³/mol. The molecular weight excluding hydrogens is 227 g/mol. The van der Waals surface area contributed by atoms with Crippen molar-refractivity contribution in [2.45, 2.75) is 13.0 Å². The van der Waals surface area contributed by atoms with Crippen molar-refractivity contribution in [3.63, 3.8) is 0 Å². The van der Waals surface area contributed by atoms with Crippen LogP contribution in [0.3, 0.4) is 0 Å². The van der Waals surface area contributed by atoms with Crippen LogP contribution in [0.2, 0.25) is 0 Å². The Hall–Kier alpha value is -2.18. The summed E-state index contributed by atoms with van der Waals surface area (Å²) in [6.45, 7) is 1.85. The normalized spacial score (nSPS) is 11.9. The quantitative estimate of drug-likeness (QED) is 0.874. The van der Waals surface area contributed by atoms with Crippen molar-refractivity contribution in [1.82, 2.24) is 0 Å². The van der Waals surface area contributed by atoms with Gasteiger partial charge in [-0.15, -0.1) is 0 Å². The largest absolute Gasteiger partial charge is 0.324 e. The molecule has 2 aromatic rings. The van der Waals surface area contributed by atoms with E-state index in [0.29, 0.717) is 16.7 Å². The molecule has 0 amide bonds. The van der Waals surface area contributed by atoms with Gasteiger partial charge in [-0.3, -0.25) is 0 Å². The van der Waals surface area contributed by atoms with E-state index in [0.717, 1.165) is 5.56 Å². The molecule has 2 rings (SSSR count). The number of nitriles is 1. The molecule has 0 aromatic heterocycles. The summed E-state index contributed by atoms with van der Waals surface area (Å²) in [7, 11) is 0. The van der Waals surface area contributed by atoms with Crippen molar-refractivity contribution < 1.29 is 4.39 Å². The number of halogens is 1. The van der Waals surface area contributed by atoms with Gasteiger partial charge in [-0.25, -0.2) is 4.39 Å². The zero-order chi connectivity index (χ0) is 13.1. The Morgan fingerprint density at radius 1 is 1.22 bits per heavy atom. The second-order valence-corrected chi connectivity index (χ2v) is 4.22. The van der Waals surface area contributed by atoms with E-state index in [-0.39, 0.29) is 11.9 Å². The van der Waals surface area contributed by atoms with E-state index in [1.54, 1.807) is 36.4 Å². The summed E-state index contributed by atoms with van der Waals surface area (Å²) in [6.07, 6.45) is 0. The van der Waals surface area contributed by atoms with Crippen LogP contribution in [0.1, 0.15) is 24.1 Å². The van der Waals surface area contributed by atoms with Gasteiger partial charge >= 0.3 is 0 Å². The SMILES string of the molecule is C[C@H](N)c1ccc(F)c(-c2cccc(C#N)c2)c1. The van der Waals surface area contributed by atoms with Crippen LogP contribution in [0, 0.1) is 17.1 Å². The van der Waals surface area contributed by atoms with E-state index in [9.17, 15) is 4.39 Å². The summed E-state index contributed by atoms with van der Waals surface area (Å²) in [6, 6.07) is 13.6. The van der Waals surface area contributed by atoms with Gasteiger partial charge in [-0.2, -0.15) is 5.26 Å². The van der Waals surface area contributed by atoms with E-state index in [2.05, 4.69) is 0 Å². The Balaban J connectivity index is 2.55. The summed E-state index contributed by atoms with van der Waals surface area (Å²) in [5.41, 5.74) is 8.34. The highest BCUT2D eigenvalue weighted by molar-refractivity contribution is 5.66. The molecule has 2 aromatic carbocycles. The van der Waals surface area contributed by atoms with Crippen molar-refractivity contribution in [2.75, 3.05) is 0 Å². The lowest BCUT2D eigenvalue weighted by Gasteiger charge is -2.10. The van der Waals surface area contributed by atoms with Crippen LogP contribution in [0.5, 0.6) is 0 Å². The maximum absolute atomic E-state index is 13.8. The highest BCUT2D eigenvalue weighted by atomic mass is 19.1. The highest BCUT2D eigenvalue weighted by Crippen LogP contribution is 2.26. The third-order valence-corrected chi connectivity index (χ3v) is 2.82. The molecule has 2 nitrogen and oxygen atoms in total. The molecule has 0 bridgehead atoms. The Bertz CT molecular complexity index is 612. The molecule has 2 N–H and O–H groups in total. The molecule has 0 aliphatic rings. The zero-order valence-corrected chi connectivity index (χ0v) is 10.0. The lowest BCUT2D eigenvalue weighted by atomic mass is 9.98. The smallest absolute Gasteiger partial charge is 0.131 e. The zero-order valence-electron chi connectivity index (χ0n) is 10.0. The van der Waals surface area contributed by atoms with Crippen LogP contribution in [0.4, 0.5) is 4.39 Å². The maximum Gasteiger partial charge on any atom is 0.131 e. The van der Waals surface area contributed by atoms with Crippen LogP contribution < -0.4 is 5.73 Å². The number of nitrogens with zero attached hydrogens (tertiary/aromatic N) is 1. The van der Waals surface area contributed by atoms with Crippen molar-refractivity contribution in [3.8, 4) is 17.2 Å². The van der Waals surface area contributed by atoms with Crippen LogP contribution >= 0.6 is 0 Å². The van der Waals surface area contributed by atoms with Crippen molar-refractivity contribution in [2.24, 2.45) is 5.73 Å². The summed E-state index contributed by atoms with van der Waals surface area (Å²) in [5, 5.41) is 8.86. The molecule has 1 atom stereocenters. The maximum atomic E-state index is 13.8. The van der Waals surface area contributed by atoms with Gasteiger partial charge in [0, 0.05) is 11.6 Å². The molecule has 18 heavy (non-hydrogen) atoms. The van der Waals surface area contributed by atoms with Crippen molar-refractivity contribution >= 4 is 0 Å². The van der Waals surface area contributed by atoms with E-state index >= 15 is 0 Å². The van der Waals surface area contributed by atoms with E-state index in [1.165, 1.54) is 6.07 Å². The molecule has 0 aliphatic carbocycles. The molecule has 0 saturated carbocycles. The Kier molecular flexibility index (Phi) is 3.40. The van der Waals surface area contributed by atoms with Crippen LogP contribution in [-0.4, -0.2) is 0 Å². The molecule has 0 saturated heterocycles. The van der Waals surface area contributed by atoms with Gasteiger partial charge < -0.3 is 5.73 Å². The minimum atomic E-state index is -0.311. The summed E-state index contributed by atoms with van der Waals surface area (Å²) in [4.78, 5) is 0. The number of hydrogen-bond acceptors (Lipinski definition) is 2. The number of nitrogens with two attached hydrogens (primary N) is 1. The average molecular weight is 240 g/mol. The molecular formula is C15H13FN2. The van der Waals surface area contributed by atoms with Crippen LogP contribution in [0.25, 0.3) is 11.1 Å². The first-order chi connectivity index (χ1) is 8.61. The second kappa shape index (κ2) is 4.99. The Labute approximate surface area is 105 Å². The van der Waals surface area contributed by atoms with E-state index in [4.69, 9.17) is 11.0 Å². The second-order valence-electron chi connectivity index (χ2n) is 4.22. The average Bonchev–Trinajstić information content (AvgIpc) is 2.39. The first-order valence-electron chi connectivity index (χ1n) is 5.67. The number of rotatable bonds is 2. The summed E-state index contributed by atoms with van der Waals surface area (Å²) < 4.78 is 13.8. The van der Waals surface area contributed by atoms with Gasteiger partial charge in [0.1, 0.15) is 5.82 Å². The first-order valence-corrected chi connectivity index (χ1v) is 5.67. The molecule has 0 spiro atoms. The van der Waals surface area contributed by atoms with Gasteiger partial charge in [0.05, 0.1) is 11.6 Å². The van der Waals surface area contributed by atoms with Crippen molar-refractivity contribution in [3.05, 3.63) is 59.4 Å². The van der Waals surface area contributed by atoms with E-state index < -0.39 is 0 Å². The van der Waals surface area contributed by atoms with Gasteiger partial charge in [0.25, 0.3) is 0 Å². The third kappa shape index (κ3) is 2.39. The lowest BCUT2D eigenvalue weighted by Crippen LogP contribution is -2.05. The van der Waals surface area contributed by atoms with Crippen molar-refractivity contribution in [1.29, 1.82) is 5.26 Å². The molecule has 0 unspecified atom stereocenters. The summed E-state index contributed by atoms with van der Waals surface area (Å²) in [5.74, 6) is -0.311. The molecule has 0 heterocycles. The minimum absolute atomic E-state index is 0.150. The number of hydrogen-bond donors (Lipinski definition) is 1. The third-order valence-electron chi connectivity index (χ3n) is 2.82. The first kappa shape index (κ1) is 12.3. The topological polar surface area (TPSA) is 49.8 Å². The highest BCUT2D eigenvalue weighted by Gasteiger charge is 2.08. The number of benzene rings is 2. The van der Waals surface area contributed by atoms with Gasteiger partial charge in [0.15, 0.2) is 0 Å². The minimum Gasteiger partial charge on any atom is -0.324 e. The summed E-state index contributed by atoms with van der Waals surface area (Å²) >= 11 is 0. The predicted octanol–water partition coefficient (Wildman–Crippen LogP) is 3.38. The molecule has 0 radical (unpaired) electrons. The fraction of sp³-hybridized carbons (Fsp3) is 0.133. The van der Waals surface area contributed by atoms with Crippen LogP contribution in [0.15, 0.2) is 42.5 Å². The standard InChI is InChI=1S/C15H13FN2/c1-10(18)12-5-6-15(16)14(8-12)13-4-2-3-11(7-13)9-17/h2-8,10H,18H2,1H3/t10-/m0/s1. The van der Waals surface area contributed by atoms with Gasteiger partial charge in [0.2, 0.25) is 0 Å². The van der Waals surface area contributed by atoms with Gasteiger partial charge in [-0.1, -0.05) is 18.2 Å².